The van der Waals surface area contributed by atoms with Gasteiger partial charge in [-0.15, -0.1) is 0 Å². The molecule has 1 aliphatic rings. The summed E-state index contributed by atoms with van der Waals surface area (Å²) in [7, 11) is 1.88. The van der Waals surface area contributed by atoms with Crippen LogP contribution in [-0.4, -0.2) is 27.8 Å². The van der Waals surface area contributed by atoms with E-state index in [4.69, 9.17) is 0 Å². The maximum absolute atomic E-state index is 12.1. The number of nitrogens with zero attached hydrogens (tertiary/aromatic N) is 2. The molecule has 0 bridgehead atoms. The molecule has 106 valence electrons. The molecule has 1 heterocycles. The second kappa shape index (κ2) is 6.08. The lowest BCUT2D eigenvalue weighted by Gasteiger charge is -2.24. The molecule has 1 aromatic heterocycles. The van der Waals surface area contributed by atoms with Crippen LogP contribution in [0.15, 0.2) is 6.20 Å². The Balaban J connectivity index is 1.86. The van der Waals surface area contributed by atoms with Crippen LogP contribution in [0.25, 0.3) is 0 Å². The smallest absolute Gasteiger partial charge is 0.242 e. The Kier molecular flexibility index (Phi) is 4.45. The van der Waals surface area contributed by atoms with Crippen molar-refractivity contribution < 1.29 is 4.79 Å². The third-order valence-electron chi connectivity index (χ3n) is 3.73. The molecule has 0 aliphatic heterocycles. The topological polar surface area (TPSA) is 59.0 Å². The van der Waals surface area contributed by atoms with Crippen LogP contribution in [0.2, 0.25) is 0 Å². The summed E-state index contributed by atoms with van der Waals surface area (Å²) in [4.78, 5) is 12.1. The van der Waals surface area contributed by atoms with E-state index in [1.807, 2.05) is 27.1 Å². The van der Waals surface area contributed by atoms with Crippen molar-refractivity contribution in [1.29, 1.82) is 0 Å². The highest BCUT2D eigenvalue weighted by molar-refractivity contribution is 5.84. The fraction of sp³-hybridized carbons (Fsp3) is 0.714. The monoisotopic (exact) mass is 264 g/mol. The van der Waals surface area contributed by atoms with Crippen molar-refractivity contribution in [2.24, 2.45) is 7.05 Å². The maximum atomic E-state index is 12.1. The standard InChI is InChI=1S/C14H24N4O/c1-10-13(9-18(3)17-10)15-11(2)14(19)16-12-7-5-4-6-8-12/h9,11-12,15H,4-8H2,1-3H3,(H,16,19). The van der Waals surface area contributed by atoms with E-state index >= 15 is 0 Å². The molecule has 0 saturated heterocycles. The van der Waals surface area contributed by atoms with Crippen molar-refractivity contribution in [2.45, 2.75) is 58.0 Å². The summed E-state index contributed by atoms with van der Waals surface area (Å²) >= 11 is 0. The van der Waals surface area contributed by atoms with Crippen molar-refractivity contribution in [3.63, 3.8) is 0 Å². The summed E-state index contributed by atoms with van der Waals surface area (Å²) in [6.07, 6.45) is 7.90. The van der Waals surface area contributed by atoms with Crippen LogP contribution in [0.4, 0.5) is 5.69 Å². The average Bonchev–Trinajstić information content (AvgIpc) is 2.69. The first-order chi connectivity index (χ1) is 9.06. The third-order valence-corrected chi connectivity index (χ3v) is 3.73. The number of nitrogens with one attached hydrogen (secondary N) is 2. The van der Waals surface area contributed by atoms with E-state index < -0.39 is 0 Å². The Morgan fingerprint density at radius 1 is 1.42 bits per heavy atom. The Morgan fingerprint density at radius 3 is 2.68 bits per heavy atom. The number of hydrogen-bond acceptors (Lipinski definition) is 3. The Morgan fingerprint density at radius 2 is 2.11 bits per heavy atom. The zero-order valence-corrected chi connectivity index (χ0v) is 12.1. The van der Waals surface area contributed by atoms with Gasteiger partial charge in [0.2, 0.25) is 5.91 Å². The lowest BCUT2D eigenvalue weighted by molar-refractivity contribution is -0.122. The lowest BCUT2D eigenvalue weighted by Crippen LogP contribution is -2.44. The number of hydrogen-bond donors (Lipinski definition) is 2. The number of amides is 1. The van der Waals surface area contributed by atoms with Gasteiger partial charge >= 0.3 is 0 Å². The summed E-state index contributed by atoms with van der Waals surface area (Å²) in [5, 5.41) is 10.6. The zero-order valence-electron chi connectivity index (χ0n) is 12.1. The molecular formula is C14H24N4O. The largest absolute Gasteiger partial charge is 0.371 e. The first-order valence-corrected chi connectivity index (χ1v) is 7.13. The Labute approximate surface area is 114 Å². The van der Waals surface area contributed by atoms with E-state index in [-0.39, 0.29) is 11.9 Å². The molecule has 2 rings (SSSR count). The van der Waals surface area contributed by atoms with E-state index in [1.54, 1.807) is 4.68 Å². The molecule has 0 aromatic carbocycles. The molecule has 1 aromatic rings. The highest BCUT2D eigenvalue weighted by Crippen LogP contribution is 2.18. The molecule has 19 heavy (non-hydrogen) atoms. The second-order valence-electron chi connectivity index (χ2n) is 5.51. The van der Waals surface area contributed by atoms with E-state index in [0.29, 0.717) is 6.04 Å². The predicted octanol–water partition coefficient (Wildman–Crippen LogP) is 1.98. The molecule has 1 saturated carbocycles. The predicted molar refractivity (Wildman–Crippen MR) is 76.0 cm³/mol. The number of aryl methyl sites for hydroxylation is 2. The van der Waals surface area contributed by atoms with E-state index in [9.17, 15) is 4.79 Å². The molecule has 1 unspecified atom stereocenters. The van der Waals surface area contributed by atoms with Gasteiger partial charge in [-0.25, -0.2) is 0 Å². The summed E-state index contributed by atoms with van der Waals surface area (Å²) in [5.41, 5.74) is 1.84. The second-order valence-corrected chi connectivity index (χ2v) is 5.51. The highest BCUT2D eigenvalue weighted by Gasteiger charge is 2.20. The van der Waals surface area contributed by atoms with Gasteiger partial charge in [-0.05, 0) is 26.7 Å². The number of carbonyl (C=O) groups excluding carboxylic acids is 1. The van der Waals surface area contributed by atoms with E-state index in [1.165, 1.54) is 19.3 Å². The fourth-order valence-electron chi connectivity index (χ4n) is 2.61. The van der Waals surface area contributed by atoms with Crippen LogP contribution >= 0.6 is 0 Å². The van der Waals surface area contributed by atoms with Crippen molar-refractivity contribution >= 4 is 11.6 Å². The summed E-state index contributed by atoms with van der Waals surface area (Å²) < 4.78 is 1.75. The molecule has 1 fully saturated rings. The van der Waals surface area contributed by atoms with Gasteiger partial charge in [-0.3, -0.25) is 9.48 Å². The van der Waals surface area contributed by atoms with Gasteiger partial charge in [0.15, 0.2) is 0 Å². The summed E-state index contributed by atoms with van der Waals surface area (Å²) in [5.74, 6) is 0.0788. The first kappa shape index (κ1) is 13.9. The summed E-state index contributed by atoms with van der Waals surface area (Å²) in [6, 6.07) is 0.130. The minimum Gasteiger partial charge on any atom is -0.371 e. The molecular weight excluding hydrogens is 240 g/mol. The minimum atomic E-state index is -0.232. The van der Waals surface area contributed by atoms with Gasteiger partial charge in [0.25, 0.3) is 0 Å². The minimum absolute atomic E-state index is 0.0788. The Bertz CT molecular complexity index is 435. The van der Waals surface area contributed by atoms with Gasteiger partial charge in [0, 0.05) is 19.3 Å². The van der Waals surface area contributed by atoms with Crippen LogP contribution in [0, 0.1) is 6.92 Å². The molecule has 5 nitrogen and oxygen atoms in total. The lowest BCUT2D eigenvalue weighted by atomic mass is 9.95. The van der Waals surface area contributed by atoms with Gasteiger partial charge in [-0.1, -0.05) is 19.3 Å². The molecule has 5 heteroatoms. The van der Waals surface area contributed by atoms with Crippen molar-refractivity contribution in [2.75, 3.05) is 5.32 Å². The van der Waals surface area contributed by atoms with Crippen LogP contribution in [0.5, 0.6) is 0 Å². The zero-order chi connectivity index (χ0) is 13.8. The van der Waals surface area contributed by atoms with Crippen molar-refractivity contribution in [3.8, 4) is 0 Å². The maximum Gasteiger partial charge on any atom is 0.242 e. The van der Waals surface area contributed by atoms with Crippen LogP contribution in [-0.2, 0) is 11.8 Å². The fourth-order valence-corrected chi connectivity index (χ4v) is 2.61. The first-order valence-electron chi connectivity index (χ1n) is 7.13. The Hall–Kier alpha value is -1.52. The molecule has 0 spiro atoms. The molecule has 1 aliphatic carbocycles. The highest BCUT2D eigenvalue weighted by atomic mass is 16.2. The molecule has 1 atom stereocenters. The number of carbonyl (C=O) groups is 1. The SMILES string of the molecule is Cc1nn(C)cc1NC(C)C(=O)NC1CCCCC1. The number of aromatic nitrogens is 2. The van der Waals surface area contributed by atoms with E-state index in [2.05, 4.69) is 15.7 Å². The van der Waals surface area contributed by atoms with Crippen molar-refractivity contribution in [1.82, 2.24) is 15.1 Å². The quantitative estimate of drug-likeness (QED) is 0.874. The number of rotatable bonds is 4. The third kappa shape index (κ3) is 3.72. The van der Waals surface area contributed by atoms with Gasteiger partial charge in [0.05, 0.1) is 11.4 Å². The van der Waals surface area contributed by atoms with Gasteiger partial charge in [-0.2, -0.15) is 5.10 Å². The van der Waals surface area contributed by atoms with Gasteiger partial charge < -0.3 is 10.6 Å². The summed E-state index contributed by atoms with van der Waals surface area (Å²) in [6.45, 7) is 3.83. The van der Waals surface area contributed by atoms with Gasteiger partial charge in [0.1, 0.15) is 6.04 Å². The molecule has 1 amide bonds. The van der Waals surface area contributed by atoms with Crippen LogP contribution < -0.4 is 10.6 Å². The van der Waals surface area contributed by atoms with E-state index in [0.717, 1.165) is 24.2 Å². The average molecular weight is 264 g/mol. The molecule has 2 N–H and O–H groups in total. The normalized spacial score (nSPS) is 18.1. The van der Waals surface area contributed by atoms with Crippen LogP contribution in [0.3, 0.4) is 0 Å². The number of anilines is 1. The van der Waals surface area contributed by atoms with Crippen LogP contribution in [0.1, 0.15) is 44.7 Å². The molecule has 0 radical (unpaired) electrons. The van der Waals surface area contributed by atoms with Crippen molar-refractivity contribution in [3.05, 3.63) is 11.9 Å².